The van der Waals surface area contributed by atoms with Gasteiger partial charge in [0.15, 0.2) is 0 Å². The lowest BCUT2D eigenvalue weighted by Crippen LogP contribution is -2.30. The summed E-state index contributed by atoms with van der Waals surface area (Å²) in [7, 11) is -2.16. The molecule has 0 aliphatic rings. The van der Waals surface area contributed by atoms with Crippen molar-refractivity contribution in [3.05, 3.63) is 88.4 Å². The number of ether oxygens (including phenoxy) is 1. The fourth-order valence-electron chi connectivity index (χ4n) is 3.23. The van der Waals surface area contributed by atoms with Crippen molar-refractivity contribution in [3.8, 4) is 5.75 Å². The number of methoxy groups -OCH3 is 1. The normalized spacial score (nSPS) is 11.4. The molecule has 32 heavy (non-hydrogen) atoms. The van der Waals surface area contributed by atoms with Crippen LogP contribution >= 0.6 is 11.6 Å². The molecule has 6 nitrogen and oxygen atoms in total. The van der Waals surface area contributed by atoms with E-state index in [1.807, 2.05) is 36.4 Å². The number of hydrogen-bond acceptors (Lipinski definition) is 4. The molecule has 2 N–H and O–H groups in total. The minimum Gasteiger partial charge on any atom is -0.496 e. The van der Waals surface area contributed by atoms with Crippen molar-refractivity contribution >= 4 is 33.2 Å². The van der Waals surface area contributed by atoms with Gasteiger partial charge in [-0.25, -0.2) is 13.1 Å². The Labute approximate surface area is 193 Å². The second-order valence-corrected chi connectivity index (χ2v) is 9.68. The number of benzene rings is 3. The lowest BCUT2D eigenvalue weighted by Gasteiger charge is -2.14. The number of rotatable bonds is 8. The Kier molecular flexibility index (Phi) is 7.56. The summed E-state index contributed by atoms with van der Waals surface area (Å²) in [6, 6.07) is 19.0. The molecule has 3 rings (SSSR count). The summed E-state index contributed by atoms with van der Waals surface area (Å²) in [6.45, 7) is 3.44. The highest BCUT2D eigenvalue weighted by atomic mass is 35.5. The van der Waals surface area contributed by atoms with Crippen molar-refractivity contribution in [3.63, 3.8) is 0 Å². The van der Waals surface area contributed by atoms with Crippen LogP contribution in [0.4, 0.5) is 5.69 Å². The van der Waals surface area contributed by atoms with Crippen LogP contribution in [0.2, 0.25) is 5.02 Å². The van der Waals surface area contributed by atoms with Gasteiger partial charge >= 0.3 is 0 Å². The van der Waals surface area contributed by atoms with Gasteiger partial charge in [0.2, 0.25) is 10.0 Å². The van der Waals surface area contributed by atoms with E-state index in [0.717, 1.165) is 11.1 Å². The van der Waals surface area contributed by atoms with Gasteiger partial charge in [0.05, 0.1) is 22.6 Å². The van der Waals surface area contributed by atoms with Crippen LogP contribution in [0.15, 0.2) is 71.6 Å². The summed E-state index contributed by atoms with van der Waals surface area (Å²) in [5.74, 6) is 0.199. The Hall–Kier alpha value is -2.87. The van der Waals surface area contributed by atoms with Gasteiger partial charge < -0.3 is 10.1 Å². The van der Waals surface area contributed by atoms with Crippen LogP contribution in [0.1, 0.15) is 35.3 Å². The van der Waals surface area contributed by atoms with Crippen molar-refractivity contribution in [2.75, 3.05) is 12.4 Å². The van der Waals surface area contributed by atoms with E-state index in [9.17, 15) is 13.2 Å². The number of nitrogens with one attached hydrogen (secondary N) is 2. The summed E-state index contributed by atoms with van der Waals surface area (Å²) in [5.41, 5.74) is 2.62. The van der Waals surface area contributed by atoms with E-state index in [0.29, 0.717) is 17.9 Å². The first-order valence-corrected chi connectivity index (χ1v) is 11.9. The fourth-order valence-corrected chi connectivity index (χ4v) is 4.71. The molecular formula is C24H25ClN2O4S. The van der Waals surface area contributed by atoms with Gasteiger partial charge in [-0.05, 0) is 55.8 Å². The third-order valence-corrected chi connectivity index (χ3v) is 6.65. The maximum Gasteiger partial charge on any atom is 0.257 e. The number of anilines is 1. The highest BCUT2D eigenvalue weighted by Gasteiger charge is 2.20. The van der Waals surface area contributed by atoms with Crippen LogP contribution in [0.3, 0.4) is 0 Å². The lowest BCUT2D eigenvalue weighted by atomic mass is 10.0. The largest absolute Gasteiger partial charge is 0.496 e. The van der Waals surface area contributed by atoms with E-state index in [-0.39, 0.29) is 21.5 Å². The van der Waals surface area contributed by atoms with E-state index in [4.69, 9.17) is 16.3 Å². The average molecular weight is 473 g/mol. The molecular weight excluding hydrogens is 448 g/mol. The molecule has 0 aromatic heterocycles. The molecule has 0 unspecified atom stereocenters. The summed E-state index contributed by atoms with van der Waals surface area (Å²) in [4.78, 5) is 12.9. The number of amides is 1. The van der Waals surface area contributed by atoms with Crippen LogP contribution in [0.5, 0.6) is 5.75 Å². The molecule has 0 spiro atoms. The number of sulfonamides is 1. The molecule has 3 aromatic rings. The first kappa shape index (κ1) is 23.8. The maximum atomic E-state index is 12.9. The molecule has 0 heterocycles. The Balaban J connectivity index is 1.87. The molecule has 0 aliphatic carbocycles. The average Bonchev–Trinajstić information content (AvgIpc) is 2.74. The third-order valence-electron chi connectivity index (χ3n) is 4.66. The first-order valence-electron chi connectivity index (χ1n) is 10.0. The zero-order valence-corrected chi connectivity index (χ0v) is 19.6. The SMILES string of the molecule is COc1ccc(NC(=O)c2cc(S(=O)(=O)NC(C)C)ccc2Cl)cc1Cc1ccccc1. The molecule has 8 heteroatoms. The van der Waals surface area contributed by atoms with Gasteiger partial charge in [-0.15, -0.1) is 0 Å². The number of hydrogen-bond donors (Lipinski definition) is 2. The maximum absolute atomic E-state index is 12.9. The predicted molar refractivity (Wildman–Crippen MR) is 127 cm³/mol. The smallest absolute Gasteiger partial charge is 0.257 e. The Bertz CT molecular complexity index is 1210. The summed E-state index contributed by atoms with van der Waals surface area (Å²) >= 11 is 6.20. The van der Waals surface area contributed by atoms with E-state index in [2.05, 4.69) is 10.0 Å². The highest BCUT2D eigenvalue weighted by Crippen LogP contribution is 2.27. The number of halogens is 1. The second-order valence-electron chi connectivity index (χ2n) is 7.56. The summed E-state index contributed by atoms with van der Waals surface area (Å²) < 4.78 is 32.9. The van der Waals surface area contributed by atoms with E-state index in [1.54, 1.807) is 33.1 Å². The molecule has 0 fully saturated rings. The monoisotopic (exact) mass is 472 g/mol. The van der Waals surface area contributed by atoms with Crippen LogP contribution in [-0.2, 0) is 16.4 Å². The predicted octanol–water partition coefficient (Wildman–Crippen LogP) is 4.88. The van der Waals surface area contributed by atoms with Crippen LogP contribution < -0.4 is 14.8 Å². The molecule has 3 aromatic carbocycles. The van der Waals surface area contributed by atoms with E-state index in [1.165, 1.54) is 18.2 Å². The summed E-state index contributed by atoms with van der Waals surface area (Å²) in [6.07, 6.45) is 0.628. The van der Waals surface area contributed by atoms with Gasteiger partial charge in [-0.2, -0.15) is 0 Å². The molecule has 168 valence electrons. The molecule has 0 radical (unpaired) electrons. The quantitative estimate of drug-likeness (QED) is 0.489. The van der Waals surface area contributed by atoms with Gasteiger partial charge in [-0.3, -0.25) is 4.79 Å². The molecule has 1 amide bonds. The standard InChI is InChI=1S/C24H25ClN2O4S/c1-16(2)27-32(29,30)20-10-11-22(25)21(15-20)24(28)26-19-9-12-23(31-3)18(14-19)13-17-7-5-4-6-8-17/h4-12,14-16,27H,13H2,1-3H3,(H,26,28). The van der Waals surface area contributed by atoms with Crippen molar-refractivity contribution in [2.45, 2.75) is 31.2 Å². The van der Waals surface area contributed by atoms with Crippen molar-refractivity contribution in [2.24, 2.45) is 0 Å². The minimum absolute atomic E-state index is 0.0275. The van der Waals surface area contributed by atoms with Gasteiger partial charge in [0.1, 0.15) is 5.75 Å². The first-order chi connectivity index (χ1) is 15.2. The zero-order chi connectivity index (χ0) is 23.3. The van der Waals surface area contributed by atoms with Gasteiger partial charge in [0, 0.05) is 23.7 Å². The molecule has 0 atom stereocenters. The zero-order valence-electron chi connectivity index (χ0n) is 18.1. The molecule has 0 aliphatic heterocycles. The fraction of sp³-hybridized carbons (Fsp3) is 0.208. The second kappa shape index (κ2) is 10.2. The molecule has 0 saturated heterocycles. The van der Waals surface area contributed by atoms with Crippen LogP contribution in [0, 0.1) is 0 Å². The molecule has 0 saturated carbocycles. The summed E-state index contributed by atoms with van der Waals surface area (Å²) in [5, 5.41) is 2.96. The Morgan fingerprint density at radius 3 is 2.41 bits per heavy atom. The third kappa shape index (κ3) is 5.88. The van der Waals surface area contributed by atoms with E-state index >= 15 is 0 Å². The Morgan fingerprint density at radius 2 is 1.75 bits per heavy atom. The number of carbonyl (C=O) groups is 1. The topological polar surface area (TPSA) is 84.5 Å². The minimum atomic E-state index is -3.76. The van der Waals surface area contributed by atoms with Crippen molar-refractivity contribution in [1.82, 2.24) is 4.72 Å². The Morgan fingerprint density at radius 1 is 1.03 bits per heavy atom. The van der Waals surface area contributed by atoms with Crippen LogP contribution in [-0.4, -0.2) is 27.5 Å². The molecule has 0 bridgehead atoms. The highest BCUT2D eigenvalue weighted by molar-refractivity contribution is 7.89. The van der Waals surface area contributed by atoms with Gasteiger partial charge in [0.25, 0.3) is 5.91 Å². The van der Waals surface area contributed by atoms with Crippen molar-refractivity contribution < 1.29 is 17.9 Å². The van der Waals surface area contributed by atoms with E-state index < -0.39 is 15.9 Å². The van der Waals surface area contributed by atoms with Crippen molar-refractivity contribution in [1.29, 1.82) is 0 Å². The van der Waals surface area contributed by atoms with Crippen LogP contribution in [0.25, 0.3) is 0 Å². The lowest BCUT2D eigenvalue weighted by molar-refractivity contribution is 0.102. The number of carbonyl (C=O) groups excluding carboxylic acids is 1. The van der Waals surface area contributed by atoms with Gasteiger partial charge in [-0.1, -0.05) is 41.9 Å².